The van der Waals surface area contributed by atoms with Gasteiger partial charge in [-0.2, -0.15) is 0 Å². The predicted octanol–water partition coefficient (Wildman–Crippen LogP) is 3.38. The van der Waals surface area contributed by atoms with E-state index in [-0.39, 0.29) is 23.7 Å². The Morgan fingerprint density at radius 3 is 2.70 bits per heavy atom. The lowest BCUT2D eigenvalue weighted by molar-refractivity contribution is -0.384. The van der Waals surface area contributed by atoms with Gasteiger partial charge in [0.05, 0.1) is 23.5 Å². The molecule has 1 heterocycles. The molecule has 0 spiro atoms. The molecule has 0 unspecified atom stereocenters. The summed E-state index contributed by atoms with van der Waals surface area (Å²) in [6.07, 6.45) is 1.50. The molecule has 30 heavy (non-hydrogen) atoms. The Morgan fingerprint density at radius 2 is 1.97 bits per heavy atom. The summed E-state index contributed by atoms with van der Waals surface area (Å²) in [5.41, 5.74) is 0.864. The van der Waals surface area contributed by atoms with Crippen molar-refractivity contribution < 1.29 is 28.8 Å². The first-order valence-corrected chi connectivity index (χ1v) is 9.48. The molecule has 2 aromatic carbocycles. The Kier molecular flexibility index (Phi) is 6.48. The van der Waals surface area contributed by atoms with E-state index < -0.39 is 22.0 Å². The number of non-ortho nitro benzene ring substituents is 1. The molecule has 2 amide bonds. The van der Waals surface area contributed by atoms with E-state index >= 15 is 0 Å². The van der Waals surface area contributed by atoms with E-state index in [1.807, 2.05) is 0 Å². The molecular formula is C20H16N2O7S. The summed E-state index contributed by atoms with van der Waals surface area (Å²) < 4.78 is 9.96. The lowest BCUT2D eigenvalue weighted by Gasteiger charge is -2.12. The number of carbonyl (C=O) groups excluding carboxylic acids is 3. The first-order chi connectivity index (χ1) is 14.4. The fraction of sp³-hybridized carbons (Fsp3) is 0.150. The van der Waals surface area contributed by atoms with Gasteiger partial charge in [0.1, 0.15) is 5.75 Å². The Morgan fingerprint density at radius 1 is 1.20 bits per heavy atom. The van der Waals surface area contributed by atoms with E-state index in [1.54, 1.807) is 30.3 Å². The number of thioether (sulfide) groups is 1. The van der Waals surface area contributed by atoms with E-state index in [4.69, 9.17) is 4.74 Å². The van der Waals surface area contributed by atoms with Crippen LogP contribution >= 0.6 is 11.8 Å². The fourth-order valence-electron chi connectivity index (χ4n) is 2.66. The number of esters is 1. The smallest absolute Gasteiger partial charge is 0.343 e. The fourth-order valence-corrected chi connectivity index (χ4v) is 3.48. The zero-order chi connectivity index (χ0) is 21.7. The van der Waals surface area contributed by atoms with Crippen molar-refractivity contribution in [3.8, 4) is 5.75 Å². The number of nitro benzene ring substituents is 1. The van der Waals surface area contributed by atoms with Crippen LogP contribution < -0.4 is 4.74 Å². The van der Waals surface area contributed by atoms with Crippen molar-refractivity contribution in [2.45, 2.75) is 6.54 Å². The summed E-state index contributed by atoms with van der Waals surface area (Å²) in [5, 5.41) is 10.4. The normalized spacial score (nSPS) is 14.8. The Bertz CT molecular complexity index is 1050. The van der Waals surface area contributed by atoms with Gasteiger partial charge in [0.15, 0.2) is 6.61 Å². The maximum absolute atomic E-state index is 12.7. The number of rotatable bonds is 7. The van der Waals surface area contributed by atoms with Crippen LogP contribution in [0.1, 0.15) is 11.1 Å². The standard InChI is InChI=1S/C20H16N2O7S/c1-28-18(23)12-29-16-8-3-2-6-14(16)10-17-19(24)21(20(25)30-17)11-13-5-4-7-15(9-13)22(26)27/h2-10H,11-12H2,1H3. The molecule has 0 bridgehead atoms. The number of hydrogen-bond acceptors (Lipinski definition) is 8. The number of benzene rings is 2. The average molecular weight is 428 g/mol. The van der Waals surface area contributed by atoms with Crippen molar-refractivity contribution in [3.63, 3.8) is 0 Å². The molecule has 0 atom stereocenters. The summed E-state index contributed by atoms with van der Waals surface area (Å²) in [7, 11) is 1.24. The van der Waals surface area contributed by atoms with Gasteiger partial charge < -0.3 is 9.47 Å². The van der Waals surface area contributed by atoms with E-state index in [2.05, 4.69) is 4.74 Å². The summed E-state index contributed by atoms with van der Waals surface area (Å²) in [6, 6.07) is 12.5. The van der Waals surface area contributed by atoms with Crippen molar-refractivity contribution in [2.75, 3.05) is 13.7 Å². The minimum atomic E-state index is -0.554. The number of ether oxygens (including phenoxy) is 2. The molecule has 0 radical (unpaired) electrons. The second-order valence-corrected chi connectivity index (χ2v) is 7.09. The minimum Gasteiger partial charge on any atom is -0.481 e. The third-order valence-electron chi connectivity index (χ3n) is 4.11. The molecule has 1 saturated heterocycles. The molecule has 10 heteroatoms. The first-order valence-electron chi connectivity index (χ1n) is 8.66. The van der Waals surface area contributed by atoms with Crippen LogP contribution in [0.5, 0.6) is 5.75 Å². The largest absolute Gasteiger partial charge is 0.481 e. The average Bonchev–Trinajstić information content (AvgIpc) is 3.00. The van der Waals surface area contributed by atoms with E-state index in [9.17, 15) is 24.5 Å². The van der Waals surface area contributed by atoms with Gasteiger partial charge in [0, 0.05) is 17.7 Å². The van der Waals surface area contributed by atoms with E-state index in [1.165, 1.54) is 31.4 Å². The number of carbonyl (C=O) groups is 3. The summed E-state index contributed by atoms with van der Waals surface area (Å²) in [5.74, 6) is -0.713. The molecule has 3 rings (SSSR count). The highest BCUT2D eigenvalue weighted by Crippen LogP contribution is 2.35. The zero-order valence-electron chi connectivity index (χ0n) is 15.8. The van der Waals surface area contributed by atoms with Crippen molar-refractivity contribution in [3.05, 3.63) is 74.7 Å². The van der Waals surface area contributed by atoms with Crippen LogP contribution in [0.4, 0.5) is 10.5 Å². The third-order valence-corrected chi connectivity index (χ3v) is 5.02. The van der Waals surface area contributed by atoms with Crippen LogP contribution in [0, 0.1) is 10.1 Å². The monoisotopic (exact) mass is 428 g/mol. The van der Waals surface area contributed by atoms with Crippen molar-refractivity contribution in [1.82, 2.24) is 4.90 Å². The molecule has 154 valence electrons. The van der Waals surface area contributed by atoms with Gasteiger partial charge in [-0.1, -0.05) is 30.3 Å². The van der Waals surface area contributed by atoms with Crippen LogP contribution in [0.3, 0.4) is 0 Å². The zero-order valence-corrected chi connectivity index (χ0v) is 16.6. The van der Waals surface area contributed by atoms with Crippen LogP contribution in [-0.2, 0) is 20.9 Å². The first kappa shape index (κ1) is 21.1. The molecule has 1 fully saturated rings. The van der Waals surface area contributed by atoms with E-state index in [0.29, 0.717) is 16.9 Å². The van der Waals surface area contributed by atoms with Crippen LogP contribution in [0.25, 0.3) is 6.08 Å². The molecule has 1 aliphatic heterocycles. The lowest BCUT2D eigenvalue weighted by atomic mass is 10.1. The van der Waals surface area contributed by atoms with Gasteiger partial charge in [-0.05, 0) is 29.5 Å². The maximum Gasteiger partial charge on any atom is 0.343 e. The molecule has 0 aliphatic carbocycles. The topological polar surface area (TPSA) is 116 Å². The number of para-hydroxylation sites is 1. The Hall–Kier alpha value is -3.66. The Balaban J connectivity index is 1.79. The highest BCUT2D eigenvalue weighted by molar-refractivity contribution is 8.18. The third kappa shape index (κ3) is 4.84. The number of amides is 2. The molecule has 1 aliphatic rings. The maximum atomic E-state index is 12.7. The van der Waals surface area contributed by atoms with Crippen molar-refractivity contribution in [1.29, 1.82) is 0 Å². The van der Waals surface area contributed by atoms with Gasteiger partial charge >= 0.3 is 5.97 Å². The predicted molar refractivity (Wildman–Crippen MR) is 109 cm³/mol. The van der Waals surface area contributed by atoms with E-state index in [0.717, 1.165) is 16.7 Å². The quantitative estimate of drug-likeness (QED) is 0.285. The van der Waals surface area contributed by atoms with Crippen molar-refractivity contribution in [2.24, 2.45) is 0 Å². The second kappa shape index (κ2) is 9.23. The summed E-state index contributed by atoms with van der Waals surface area (Å²) >= 11 is 0.761. The van der Waals surface area contributed by atoms with Crippen LogP contribution in [0.15, 0.2) is 53.4 Å². The minimum absolute atomic E-state index is 0.0792. The number of nitrogens with zero attached hydrogens (tertiary/aromatic N) is 2. The molecule has 0 N–H and O–H groups in total. The number of hydrogen-bond donors (Lipinski definition) is 0. The highest BCUT2D eigenvalue weighted by Gasteiger charge is 2.35. The lowest BCUT2D eigenvalue weighted by Crippen LogP contribution is -2.27. The SMILES string of the molecule is COC(=O)COc1ccccc1C=C1SC(=O)N(Cc2cccc([N+](=O)[O-])c2)C1=O. The van der Waals surface area contributed by atoms with Crippen LogP contribution in [0.2, 0.25) is 0 Å². The number of imide groups is 1. The van der Waals surface area contributed by atoms with Gasteiger partial charge in [0.2, 0.25) is 0 Å². The molecular weight excluding hydrogens is 412 g/mol. The van der Waals surface area contributed by atoms with Crippen molar-refractivity contribution >= 4 is 40.6 Å². The number of methoxy groups -OCH3 is 1. The molecule has 0 aromatic heterocycles. The summed E-state index contributed by atoms with van der Waals surface area (Å²) in [6.45, 7) is -0.375. The second-order valence-electron chi connectivity index (χ2n) is 6.10. The molecule has 0 saturated carbocycles. The summed E-state index contributed by atoms with van der Waals surface area (Å²) in [4.78, 5) is 48.0. The van der Waals surface area contributed by atoms with Crippen LogP contribution in [-0.4, -0.2) is 40.7 Å². The van der Waals surface area contributed by atoms with Gasteiger partial charge in [0.25, 0.3) is 16.8 Å². The van der Waals surface area contributed by atoms with Gasteiger partial charge in [-0.3, -0.25) is 24.6 Å². The number of nitro groups is 1. The van der Waals surface area contributed by atoms with Gasteiger partial charge in [-0.15, -0.1) is 0 Å². The van der Waals surface area contributed by atoms with Gasteiger partial charge in [-0.25, -0.2) is 4.79 Å². The highest BCUT2D eigenvalue weighted by atomic mass is 32.2. The Labute approximate surface area is 175 Å². The molecule has 2 aromatic rings. The molecule has 9 nitrogen and oxygen atoms in total.